The predicted molar refractivity (Wildman–Crippen MR) is 106 cm³/mol. The molecular weight excluding hydrogens is 326 g/mol. The van der Waals surface area contributed by atoms with Crippen LogP contribution in [0.3, 0.4) is 0 Å². The molecule has 0 aromatic carbocycles. The summed E-state index contributed by atoms with van der Waals surface area (Å²) in [6, 6.07) is 0. The molecule has 0 spiro atoms. The van der Waals surface area contributed by atoms with Gasteiger partial charge in [-0.1, -0.05) is 57.2 Å². The normalized spacial score (nSPS) is 25.0. The quantitative estimate of drug-likeness (QED) is 0.648. The second-order valence-electron chi connectivity index (χ2n) is 8.19. The van der Waals surface area contributed by atoms with E-state index in [2.05, 4.69) is 38.9 Å². The molecule has 0 bridgehead atoms. The molecule has 0 amide bonds. The van der Waals surface area contributed by atoms with Gasteiger partial charge in [-0.15, -0.1) is 11.3 Å². The number of nitrogens with zero attached hydrogens (tertiary/aromatic N) is 1. The van der Waals surface area contributed by atoms with Crippen molar-refractivity contribution in [2.75, 3.05) is 0 Å². The van der Waals surface area contributed by atoms with Crippen molar-refractivity contribution >= 4 is 17.1 Å². The van der Waals surface area contributed by atoms with Gasteiger partial charge in [0.1, 0.15) is 0 Å². The molecule has 1 unspecified atom stereocenters. The first-order valence-electron chi connectivity index (χ1n) is 8.93. The highest BCUT2D eigenvalue weighted by Crippen LogP contribution is 2.54. The molecule has 0 saturated carbocycles. The minimum absolute atomic E-state index is 0.0256. The molecule has 1 heterocycles. The summed E-state index contributed by atoms with van der Waals surface area (Å²) in [4.78, 5) is 19.1. The first kappa shape index (κ1) is 18.1. The number of hydrogen-bond donors (Lipinski definition) is 0. The summed E-state index contributed by atoms with van der Waals surface area (Å²) >= 11 is 1.66. The van der Waals surface area contributed by atoms with Crippen LogP contribution in [0, 0.1) is 5.41 Å². The van der Waals surface area contributed by atoms with Crippen molar-refractivity contribution in [3.8, 4) is 0 Å². The molecule has 0 saturated heterocycles. The average molecular weight is 354 g/mol. The van der Waals surface area contributed by atoms with E-state index in [0.717, 1.165) is 41.7 Å². The Bertz CT molecular complexity index is 821. The summed E-state index contributed by atoms with van der Waals surface area (Å²) in [6.07, 6.45) is 7.24. The van der Waals surface area contributed by atoms with Crippen molar-refractivity contribution in [1.82, 2.24) is 4.98 Å². The van der Waals surface area contributed by atoms with Crippen molar-refractivity contribution in [2.45, 2.75) is 58.8 Å². The molecule has 2 nitrogen and oxygen atoms in total. The molecule has 3 rings (SSSR count). The van der Waals surface area contributed by atoms with Gasteiger partial charge in [0.25, 0.3) is 0 Å². The van der Waals surface area contributed by atoms with Gasteiger partial charge >= 0.3 is 0 Å². The van der Waals surface area contributed by atoms with Crippen LogP contribution >= 0.6 is 11.3 Å². The standard InChI is InChI=1S/C22H27NOS/c1-7-22(15(4)9-8-14(2)3)19-16(10-17-20(22)25-13-23-17)11-21(5,6)12-18(19)24/h8-9,13H,2,4,7,10-12H2,1,3,5-6H3/b9-8-. The Labute approximate surface area is 155 Å². The number of ketones is 1. The van der Waals surface area contributed by atoms with E-state index in [-0.39, 0.29) is 11.2 Å². The van der Waals surface area contributed by atoms with Gasteiger partial charge in [-0.25, -0.2) is 4.98 Å². The van der Waals surface area contributed by atoms with E-state index in [1.807, 2.05) is 24.6 Å². The highest BCUT2D eigenvalue weighted by molar-refractivity contribution is 7.10. The molecule has 0 fully saturated rings. The van der Waals surface area contributed by atoms with Crippen molar-refractivity contribution in [2.24, 2.45) is 5.41 Å². The molecule has 0 N–H and O–H groups in total. The smallest absolute Gasteiger partial charge is 0.160 e. The summed E-state index contributed by atoms with van der Waals surface area (Å²) in [5.41, 5.74) is 6.87. The Morgan fingerprint density at radius 3 is 2.68 bits per heavy atom. The van der Waals surface area contributed by atoms with Gasteiger partial charge in [-0.3, -0.25) is 4.79 Å². The maximum atomic E-state index is 13.2. The fourth-order valence-corrected chi connectivity index (χ4v) is 5.58. The fourth-order valence-electron chi connectivity index (χ4n) is 4.45. The molecule has 1 atom stereocenters. The maximum Gasteiger partial charge on any atom is 0.160 e. The van der Waals surface area contributed by atoms with E-state index >= 15 is 0 Å². The van der Waals surface area contributed by atoms with Crippen LogP contribution in [0.2, 0.25) is 0 Å². The SMILES string of the molecule is C=C(C)/C=C\C(=C)C1(CC)C2=C(Cc3ncsc31)CC(C)(C)CC2=O. The summed E-state index contributed by atoms with van der Waals surface area (Å²) in [5.74, 6) is 0.289. The average Bonchev–Trinajstić information content (AvgIpc) is 2.97. The number of carbonyl (C=O) groups is 1. The van der Waals surface area contributed by atoms with E-state index in [0.29, 0.717) is 6.42 Å². The minimum Gasteiger partial charge on any atom is -0.294 e. The minimum atomic E-state index is -0.427. The zero-order chi connectivity index (χ0) is 18.4. The van der Waals surface area contributed by atoms with Crippen LogP contribution in [0.25, 0.3) is 0 Å². The number of hydrogen-bond acceptors (Lipinski definition) is 3. The van der Waals surface area contributed by atoms with Gasteiger partial charge < -0.3 is 0 Å². The van der Waals surface area contributed by atoms with Gasteiger partial charge in [-0.2, -0.15) is 0 Å². The second kappa shape index (κ2) is 6.21. The lowest BCUT2D eigenvalue weighted by Gasteiger charge is -2.45. The van der Waals surface area contributed by atoms with E-state index < -0.39 is 5.41 Å². The number of Topliss-reactive ketones (excluding diaryl/α,β-unsaturated/α-hetero) is 1. The van der Waals surface area contributed by atoms with Gasteiger partial charge in [0, 0.05) is 23.3 Å². The molecule has 2 aliphatic carbocycles. The number of fused-ring (bicyclic) bond motifs is 1. The van der Waals surface area contributed by atoms with Crippen molar-refractivity contribution in [3.05, 3.63) is 63.7 Å². The van der Waals surface area contributed by atoms with Crippen molar-refractivity contribution in [1.29, 1.82) is 0 Å². The number of carbonyl (C=O) groups excluding carboxylic acids is 1. The molecule has 1 aromatic heterocycles. The largest absolute Gasteiger partial charge is 0.294 e. The molecular formula is C22H27NOS. The zero-order valence-corrected chi connectivity index (χ0v) is 16.6. The second-order valence-corrected chi connectivity index (χ2v) is 9.04. The van der Waals surface area contributed by atoms with Gasteiger partial charge in [0.2, 0.25) is 0 Å². The van der Waals surface area contributed by atoms with Crippen LogP contribution in [-0.4, -0.2) is 10.8 Å². The first-order chi connectivity index (χ1) is 11.7. The number of rotatable bonds is 4. The Morgan fingerprint density at radius 2 is 2.04 bits per heavy atom. The van der Waals surface area contributed by atoms with Crippen LogP contribution in [-0.2, 0) is 16.6 Å². The highest BCUT2D eigenvalue weighted by Gasteiger charge is 2.49. The molecule has 132 valence electrons. The Hall–Kier alpha value is -1.74. The van der Waals surface area contributed by atoms with Crippen LogP contribution < -0.4 is 0 Å². The van der Waals surface area contributed by atoms with E-state index in [1.54, 1.807) is 11.3 Å². The third-order valence-corrected chi connectivity index (χ3v) is 6.48. The third-order valence-electron chi connectivity index (χ3n) is 5.45. The van der Waals surface area contributed by atoms with E-state index in [1.165, 1.54) is 10.5 Å². The third kappa shape index (κ3) is 2.89. The molecule has 25 heavy (non-hydrogen) atoms. The highest BCUT2D eigenvalue weighted by atomic mass is 32.1. The number of thiazole rings is 1. The molecule has 2 aliphatic rings. The molecule has 1 aromatic rings. The fraction of sp³-hybridized carbons (Fsp3) is 0.455. The Morgan fingerprint density at radius 1 is 1.32 bits per heavy atom. The van der Waals surface area contributed by atoms with Crippen LogP contribution in [0.15, 0.2) is 53.1 Å². The lowest BCUT2D eigenvalue weighted by atomic mass is 9.58. The van der Waals surface area contributed by atoms with Crippen molar-refractivity contribution in [3.63, 3.8) is 0 Å². The van der Waals surface area contributed by atoms with Gasteiger partial charge in [0.15, 0.2) is 5.78 Å². The zero-order valence-electron chi connectivity index (χ0n) is 15.7. The van der Waals surface area contributed by atoms with E-state index in [4.69, 9.17) is 0 Å². The summed E-state index contributed by atoms with van der Waals surface area (Å²) < 4.78 is 0. The summed E-state index contributed by atoms with van der Waals surface area (Å²) in [6.45, 7) is 16.9. The lowest BCUT2D eigenvalue weighted by molar-refractivity contribution is -0.118. The first-order valence-corrected chi connectivity index (χ1v) is 9.81. The van der Waals surface area contributed by atoms with Crippen molar-refractivity contribution < 1.29 is 4.79 Å². The predicted octanol–water partition coefficient (Wildman–Crippen LogP) is 5.72. The lowest BCUT2D eigenvalue weighted by Crippen LogP contribution is -2.42. The van der Waals surface area contributed by atoms with Gasteiger partial charge in [-0.05, 0) is 30.8 Å². The van der Waals surface area contributed by atoms with E-state index in [9.17, 15) is 4.79 Å². The van der Waals surface area contributed by atoms with Gasteiger partial charge in [0.05, 0.1) is 16.6 Å². The molecule has 3 heteroatoms. The molecule has 0 radical (unpaired) electrons. The number of aromatic nitrogens is 1. The monoisotopic (exact) mass is 353 g/mol. The molecule has 0 aliphatic heterocycles. The van der Waals surface area contributed by atoms with Crippen LogP contribution in [0.4, 0.5) is 0 Å². The topological polar surface area (TPSA) is 30.0 Å². The summed E-state index contributed by atoms with van der Waals surface area (Å²) in [5, 5.41) is 0. The van der Waals surface area contributed by atoms with Crippen LogP contribution in [0.5, 0.6) is 0 Å². The Balaban J connectivity index is 2.23. The Kier molecular flexibility index (Phi) is 4.48. The maximum absolute atomic E-state index is 13.2. The summed E-state index contributed by atoms with van der Waals surface area (Å²) in [7, 11) is 0. The van der Waals surface area contributed by atoms with Crippen LogP contribution in [0.1, 0.15) is 57.5 Å². The number of allylic oxidation sites excluding steroid dienone is 6.